The third-order valence-corrected chi connectivity index (χ3v) is 5.32. The van der Waals surface area contributed by atoms with E-state index in [9.17, 15) is 9.59 Å². The van der Waals surface area contributed by atoms with E-state index in [1.165, 1.54) is 0 Å². The molecular weight excluding hydrogens is 408 g/mol. The van der Waals surface area contributed by atoms with Crippen molar-refractivity contribution >= 4 is 33.4 Å². The molecule has 0 bridgehead atoms. The first kappa shape index (κ1) is 19.4. The van der Waals surface area contributed by atoms with Crippen molar-refractivity contribution < 1.29 is 14.3 Å². The first-order valence-electron chi connectivity index (χ1n) is 8.90. The van der Waals surface area contributed by atoms with Gasteiger partial charge in [-0.25, -0.2) is 0 Å². The van der Waals surface area contributed by atoms with Gasteiger partial charge in [-0.15, -0.1) is 0 Å². The van der Waals surface area contributed by atoms with Crippen molar-refractivity contribution in [1.82, 2.24) is 5.32 Å². The fourth-order valence-electron chi connectivity index (χ4n) is 3.38. The molecule has 27 heavy (non-hydrogen) atoms. The lowest BCUT2D eigenvalue weighted by Crippen LogP contribution is -2.34. The van der Waals surface area contributed by atoms with Crippen LogP contribution in [0.3, 0.4) is 0 Å². The highest BCUT2D eigenvalue weighted by atomic mass is 79.9. The second-order valence-corrected chi connectivity index (χ2v) is 7.78. The van der Waals surface area contributed by atoms with E-state index in [1.807, 2.05) is 56.3 Å². The lowest BCUT2D eigenvalue weighted by Gasteiger charge is -2.20. The quantitative estimate of drug-likeness (QED) is 0.779. The molecule has 1 aliphatic rings. The number of aryl methyl sites for hydroxylation is 1. The minimum absolute atomic E-state index is 0.0333. The average Bonchev–Trinajstić information content (AvgIpc) is 3.03. The Morgan fingerprint density at radius 3 is 2.78 bits per heavy atom. The Labute approximate surface area is 167 Å². The third kappa shape index (κ3) is 4.33. The summed E-state index contributed by atoms with van der Waals surface area (Å²) in [5, 5.41) is 3.04. The van der Waals surface area contributed by atoms with Gasteiger partial charge < -0.3 is 15.0 Å². The Morgan fingerprint density at radius 1 is 1.30 bits per heavy atom. The Morgan fingerprint density at radius 2 is 2.07 bits per heavy atom. The summed E-state index contributed by atoms with van der Waals surface area (Å²) in [5.74, 6) is 0.229. The standard InChI is InChI=1S/C21H23BrN2O3/c1-13-7-8-19(27-3)18(9-13)14(2)23-21(26)15-10-20(25)24(12-15)17-6-4-5-16(22)11-17/h4-9,11,14-15H,10,12H2,1-3H3,(H,23,26). The zero-order chi connectivity index (χ0) is 19.6. The minimum Gasteiger partial charge on any atom is -0.496 e. The molecule has 1 N–H and O–H groups in total. The molecule has 0 spiro atoms. The molecule has 0 saturated carbocycles. The summed E-state index contributed by atoms with van der Waals surface area (Å²) in [4.78, 5) is 26.8. The van der Waals surface area contributed by atoms with Crippen LogP contribution in [0.4, 0.5) is 5.69 Å². The SMILES string of the molecule is COc1ccc(C)cc1C(C)NC(=O)C1CC(=O)N(c2cccc(Br)c2)C1. The van der Waals surface area contributed by atoms with E-state index < -0.39 is 0 Å². The molecular formula is C21H23BrN2O3. The molecule has 1 aliphatic heterocycles. The van der Waals surface area contributed by atoms with E-state index in [1.54, 1.807) is 12.0 Å². The van der Waals surface area contributed by atoms with Crippen LogP contribution in [0.5, 0.6) is 5.75 Å². The number of hydrogen-bond donors (Lipinski definition) is 1. The second kappa shape index (κ2) is 8.13. The van der Waals surface area contributed by atoms with Crippen LogP contribution >= 0.6 is 15.9 Å². The molecule has 2 amide bonds. The van der Waals surface area contributed by atoms with Crippen LogP contribution in [0.15, 0.2) is 46.9 Å². The van der Waals surface area contributed by atoms with Crippen LogP contribution < -0.4 is 15.0 Å². The summed E-state index contributed by atoms with van der Waals surface area (Å²) in [7, 11) is 1.62. The van der Waals surface area contributed by atoms with Gasteiger partial charge in [-0.05, 0) is 38.1 Å². The molecule has 3 rings (SSSR count). The summed E-state index contributed by atoms with van der Waals surface area (Å²) in [6.45, 7) is 4.32. The van der Waals surface area contributed by atoms with Crippen LogP contribution in [0, 0.1) is 12.8 Å². The molecule has 6 heteroatoms. The molecule has 0 aliphatic carbocycles. The fraction of sp³-hybridized carbons (Fsp3) is 0.333. The number of ether oxygens (including phenoxy) is 1. The highest BCUT2D eigenvalue weighted by Gasteiger charge is 2.35. The van der Waals surface area contributed by atoms with Crippen LogP contribution in [0.2, 0.25) is 0 Å². The maximum atomic E-state index is 12.8. The van der Waals surface area contributed by atoms with Gasteiger partial charge in [0, 0.05) is 28.7 Å². The number of hydrogen-bond acceptors (Lipinski definition) is 3. The lowest BCUT2D eigenvalue weighted by molar-refractivity contribution is -0.126. The predicted molar refractivity (Wildman–Crippen MR) is 109 cm³/mol. The Balaban J connectivity index is 1.70. The Bertz CT molecular complexity index is 868. The molecule has 0 aromatic heterocycles. The number of rotatable bonds is 5. The molecule has 5 nitrogen and oxygen atoms in total. The maximum absolute atomic E-state index is 12.8. The molecule has 2 aromatic rings. The van der Waals surface area contributed by atoms with Gasteiger partial charge in [0.25, 0.3) is 0 Å². The van der Waals surface area contributed by atoms with Crippen molar-refractivity contribution in [3.8, 4) is 5.75 Å². The van der Waals surface area contributed by atoms with Crippen molar-refractivity contribution in [2.75, 3.05) is 18.6 Å². The summed E-state index contributed by atoms with van der Waals surface area (Å²) in [6, 6.07) is 13.2. The van der Waals surface area contributed by atoms with E-state index in [2.05, 4.69) is 21.2 Å². The number of carbonyl (C=O) groups is 2. The van der Waals surface area contributed by atoms with Gasteiger partial charge in [0.1, 0.15) is 5.75 Å². The number of benzene rings is 2. The van der Waals surface area contributed by atoms with Gasteiger partial charge in [0.05, 0.1) is 19.1 Å². The van der Waals surface area contributed by atoms with E-state index >= 15 is 0 Å². The van der Waals surface area contributed by atoms with Crippen LogP contribution in [-0.2, 0) is 9.59 Å². The largest absolute Gasteiger partial charge is 0.496 e. The van der Waals surface area contributed by atoms with E-state index in [0.29, 0.717) is 6.54 Å². The maximum Gasteiger partial charge on any atom is 0.227 e. The molecule has 2 atom stereocenters. The Hall–Kier alpha value is -2.34. The monoisotopic (exact) mass is 430 g/mol. The normalized spacial score (nSPS) is 17.7. The first-order valence-corrected chi connectivity index (χ1v) is 9.69. The number of methoxy groups -OCH3 is 1. The van der Waals surface area contributed by atoms with Gasteiger partial charge in [0.2, 0.25) is 11.8 Å². The smallest absolute Gasteiger partial charge is 0.227 e. The van der Waals surface area contributed by atoms with Crippen LogP contribution in [0.1, 0.15) is 30.5 Å². The number of halogens is 1. The summed E-state index contributed by atoms with van der Waals surface area (Å²) < 4.78 is 6.32. The molecule has 2 unspecified atom stereocenters. The average molecular weight is 431 g/mol. The third-order valence-electron chi connectivity index (χ3n) is 4.83. The first-order chi connectivity index (χ1) is 12.9. The molecule has 142 valence electrons. The van der Waals surface area contributed by atoms with E-state index in [4.69, 9.17) is 4.74 Å². The highest BCUT2D eigenvalue weighted by molar-refractivity contribution is 9.10. The molecule has 1 saturated heterocycles. The van der Waals surface area contributed by atoms with Crippen molar-refractivity contribution in [2.24, 2.45) is 5.92 Å². The number of nitrogens with one attached hydrogen (secondary N) is 1. The number of amides is 2. The predicted octanol–water partition coefficient (Wildman–Crippen LogP) is 4.00. The van der Waals surface area contributed by atoms with Crippen molar-refractivity contribution in [1.29, 1.82) is 0 Å². The molecule has 1 fully saturated rings. The number of anilines is 1. The second-order valence-electron chi connectivity index (χ2n) is 6.86. The van der Waals surface area contributed by atoms with Crippen molar-refractivity contribution in [3.05, 3.63) is 58.1 Å². The topological polar surface area (TPSA) is 58.6 Å². The minimum atomic E-state index is -0.366. The van der Waals surface area contributed by atoms with Crippen molar-refractivity contribution in [3.63, 3.8) is 0 Å². The fourth-order valence-corrected chi connectivity index (χ4v) is 3.77. The van der Waals surface area contributed by atoms with E-state index in [-0.39, 0.29) is 30.2 Å². The van der Waals surface area contributed by atoms with Gasteiger partial charge in [-0.1, -0.05) is 39.7 Å². The van der Waals surface area contributed by atoms with Crippen LogP contribution in [0.25, 0.3) is 0 Å². The van der Waals surface area contributed by atoms with E-state index in [0.717, 1.165) is 27.0 Å². The highest BCUT2D eigenvalue weighted by Crippen LogP contribution is 2.29. The van der Waals surface area contributed by atoms with Crippen molar-refractivity contribution in [2.45, 2.75) is 26.3 Å². The van der Waals surface area contributed by atoms with Gasteiger partial charge >= 0.3 is 0 Å². The zero-order valence-electron chi connectivity index (χ0n) is 15.7. The lowest BCUT2D eigenvalue weighted by atomic mass is 10.0. The van der Waals surface area contributed by atoms with Gasteiger partial charge in [-0.3, -0.25) is 9.59 Å². The number of nitrogens with zero attached hydrogens (tertiary/aromatic N) is 1. The van der Waals surface area contributed by atoms with Gasteiger partial charge in [-0.2, -0.15) is 0 Å². The zero-order valence-corrected chi connectivity index (χ0v) is 17.2. The molecule has 0 radical (unpaired) electrons. The Kier molecular flexibility index (Phi) is 5.85. The van der Waals surface area contributed by atoms with Crippen LogP contribution in [-0.4, -0.2) is 25.5 Å². The summed E-state index contributed by atoms with van der Waals surface area (Å²) >= 11 is 3.42. The molecule has 1 heterocycles. The molecule has 2 aromatic carbocycles. The number of carbonyl (C=O) groups excluding carboxylic acids is 2. The van der Waals surface area contributed by atoms with Gasteiger partial charge in [0.15, 0.2) is 0 Å². The summed E-state index contributed by atoms with van der Waals surface area (Å²) in [6.07, 6.45) is 0.218. The summed E-state index contributed by atoms with van der Waals surface area (Å²) in [5.41, 5.74) is 2.83.